The van der Waals surface area contributed by atoms with Crippen LogP contribution in [-0.2, 0) is 4.79 Å². The molecule has 20 heavy (non-hydrogen) atoms. The average Bonchev–Trinajstić information content (AvgIpc) is 2.95. The molecule has 4 nitrogen and oxygen atoms in total. The van der Waals surface area contributed by atoms with Crippen molar-refractivity contribution in [1.29, 1.82) is 0 Å². The molecule has 0 spiro atoms. The van der Waals surface area contributed by atoms with E-state index < -0.39 is 0 Å². The first kappa shape index (κ1) is 15.8. The number of aliphatic hydroxyl groups excluding tert-OH is 1. The standard InChI is InChI=1S/C16H30N2O2/c1-13-6-2-5-9-15(13)17-16(20)12-18(10-11-19)14-7-3-4-8-14/h13-15,19H,2-12H2,1H3,(H,17,20). The second kappa shape index (κ2) is 7.99. The van der Waals surface area contributed by atoms with Crippen LogP contribution in [0.1, 0.15) is 58.3 Å². The van der Waals surface area contributed by atoms with Gasteiger partial charge in [0.25, 0.3) is 0 Å². The highest BCUT2D eigenvalue weighted by Crippen LogP contribution is 2.25. The van der Waals surface area contributed by atoms with E-state index in [1.165, 1.54) is 44.9 Å². The highest BCUT2D eigenvalue weighted by Gasteiger charge is 2.26. The summed E-state index contributed by atoms with van der Waals surface area (Å²) in [4.78, 5) is 14.4. The van der Waals surface area contributed by atoms with E-state index >= 15 is 0 Å². The summed E-state index contributed by atoms with van der Waals surface area (Å²) in [6.07, 6.45) is 9.75. The number of aliphatic hydroxyl groups is 1. The van der Waals surface area contributed by atoms with Crippen LogP contribution in [0.15, 0.2) is 0 Å². The molecule has 2 unspecified atom stereocenters. The van der Waals surface area contributed by atoms with Crippen LogP contribution < -0.4 is 5.32 Å². The quantitative estimate of drug-likeness (QED) is 0.782. The zero-order valence-electron chi connectivity index (χ0n) is 12.8. The highest BCUT2D eigenvalue weighted by atomic mass is 16.3. The monoisotopic (exact) mass is 282 g/mol. The third kappa shape index (κ3) is 4.45. The predicted octanol–water partition coefficient (Wildman–Crippen LogP) is 1.92. The Hall–Kier alpha value is -0.610. The fourth-order valence-corrected chi connectivity index (χ4v) is 3.76. The third-order valence-electron chi connectivity index (χ3n) is 5.03. The Morgan fingerprint density at radius 2 is 1.80 bits per heavy atom. The Morgan fingerprint density at radius 3 is 2.45 bits per heavy atom. The molecule has 0 aromatic heterocycles. The normalized spacial score (nSPS) is 27.9. The molecule has 2 aliphatic carbocycles. The van der Waals surface area contributed by atoms with Gasteiger partial charge in [-0.3, -0.25) is 9.69 Å². The van der Waals surface area contributed by atoms with E-state index in [4.69, 9.17) is 0 Å². The van der Waals surface area contributed by atoms with Crippen molar-refractivity contribution in [2.75, 3.05) is 19.7 Å². The van der Waals surface area contributed by atoms with Gasteiger partial charge in [-0.1, -0.05) is 32.6 Å². The van der Waals surface area contributed by atoms with Crippen molar-refractivity contribution in [2.24, 2.45) is 5.92 Å². The van der Waals surface area contributed by atoms with Gasteiger partial charge in [-0.2, -0.15) is 0 Å². The number of amides is 1. The molecular formula is C16H30N2O2. The lowest BCUT2D eigenvalue weighted by Crippen LogP contribution is -2.48. The summed E-state index contributed by atoms with van der Waals surface area (Å²) >= 11 is 0. The summed E-state index contributed by atoms with van der Waals surface area (Å²) in [5.74, 6) is 0.745. The predicted molar refractivity (Wildman–Crippen MR) is 80.5 cm³/mol. The molecule has 2 fully saturated rings. The van der Waals surface area contributed by atoms with Crippen LogP contribution in [0.2, 0.25) is 0 Å². The molecular weight excluding hydrogens is 252 g/mol. The molecule has 0 aliphatic heterocycles. The van der Waals surface area contributed by atoms with Crippen LogP contribution >= 0.6 is 0 Å². The zero-order chi connectivity index (χ0) is 14.4. The van der Waals surface area contributed by atoms with Gasteiger partial charge in [-0.15, -0.1) is 0 Å². The number of hydrogen-bond acceptors (Lipinski definition) is 3. The third-order valence-corrected chi connectivity index (χ3v) is 5.03. The molecule has 1 amide bonds. The lowest BCUT2D eigenvalue weighted by molar-refractivity contribution is -0.124. The van der Waals surface area contributed by atoms with Gasteiger partial charge in [0.2, 0.25) is 5.91 Å². The van der Waals surface area contributed by atoms with E-state index in [2.05, 4.69) is 17.1 Å². The van der Waals surface area contributed by atoms with Crippen LogP contribution in [0, 0.1) is 5.92 Å². The molecule has 2 rings (SSSR count). The van der Waals surface area contributed by atoms with Crippen molar-refractivity contribution in [1.82, 2.24) is 10.2 Å². The maximum atomic E-state index is 12.3. The van der Waals surface area contributed by atoms with Gasteiger partial charge in [0, 0.05) is 18.6 Å². The summed E-state index contributed by atoms with van der Waals surface area (Å²) in [7, 11) is 0. The Balaban J connectivity index is 1.81. The van der Waals surface area contributed by atoms with Crippen molar-refractivity contribution >= 4 is 5.91 Å². The van der Waals surface area contributed by atoms with Gasteiger partial charge in [0.1, 0.15) is 0 Å². The summed E-state index contributed by atoms with van der Waals surface area (Å²) in [5, 5.41) is 12.4. The first-order chi connectivity index (χ1) is 9.70. The molecule has 2 atom stereocenters. The molecule has 116 valence electrons. The maximum absolute atomic E-state index is 12.3. The highest BCUT2D eigenvalue weighted by molar-refractivity contribution is 5.78. The van der Waals surface area contributed by atoms with Gasteiger partial charge in [-0.25, -0.2) is 0 Å². The van der Waals surface area contributed by atoms with Crippen LogP contribution in [-0.4, -0.2) is 47.7 Å². The van der Waals surface area contributed by atoms with E-state index in [1.807, 2.05) is 0 Å². The zero-order valence-corrected chi connectivity index (χ0v) is 12.8. The largest absolute Gasteiger partial charge is 0.395 e. The summed E-state index contributed by atoms with van der Waals surface area (Å²) < 4.78 is 0. The van der Waals surface area contributed by atoms with Crippen LogP contribution in [0.25, 0.3) is 0 Å². The van der Waals surface area contributed by atoms with E-state index in [-0.39, 0.29) is 12.5 Å². The Kier molecular flexibility index (Phi) is 6.30. The van der Waals surface area contributed by atoms with Crippen molar-refractivity contribution in [3.8, 4) is 0 Å². The maximum Gasteiger partial charge on any atom is 0.234 e. The molecule has 0 aromatic rings. The molecule has 0 aromatic carbocycles. The number of carbonyl (C=O) groups is 1. The second-order valence-corrected chi connectivity index (χ2v) is 6.57. The lowest BCUT2D eigenvalue weighted by Gasteiger charge is -2.32. The summed E-state index contributed by atoms with van der Waals surface area (Å²) in [6, 6.07) is 0.854. The van der Waals surface area contributed by atoms with Crippen LogP contribution in [0.4, 0.5) is 0 Å². The van der Waals surface area contributed by atoms with Gasteiger partial charge in [0.15, 0.2) is 0 Å². The fraction of sp³-hybridized carbons (Fsp3) is 0.938. The first-order valence-corrected chi connectivity index (χ1v) is 8.35. The Bertz CT molecular complexity index is 303. The Labute approximate surface area is 122 Å². The number of hydrogen-bond donors (Lipinski definition) is 2. The van der Waals surface area contributed by atoms with E-state index in [9.17, 15) is 9.90 Å². The molecule has 2 N–H and O–H groups in total. The minimum Gasteiger partial charge on any atom is -0.395 e. The SMILES string of the molecule is CC1CCCCC1NC(=O)CN(CCO)C1CCCC1. The van der Waals surface area contributed by atoms with Crippen LogP contribution in [0.5, 0.6) is 0 Å². The van der Waals surface area contributed by atoms with E-state index in [0.717, 1.165) is 6.42 Å². The second-order valence-electron chi connectivity index (χ2n) is 6.57. The summed E-state index contributed by atoms with van der Waals surface area (Å²) in [6.45, 7) is 3.46. The lowest BCUT2D eigenvalue weighted by atomic mass is 9.86. The van der Waals surface area contributed by atoms with Gasteiger partial charge >= 0.3 is 0 Å². The minimum absolute atomic E-state index is 0.142. The molecule has 0 radical (unpaired) electrons. The van der Waals surface area contributed by atoms with Crippen molar-refractivity contribution in [3.05, 3.63) is 0 Å². The van der Waals surface area contributed by atoms with Crippen molar-refractivity contribution in [3.63, 3.8) is 0 Å². The molecule has 0 bridgehead atoms. The van der Waals surface area contributed by atoms with Crippen LogP contribution in [0.3, 0.4) is 0 Å². The number of nitrogens with one attached hydrogen (secondary N) is 1. The van der Waals surface area contributed by atoms with Crippen molar-refractivity contribution < 1.29 is 9.90 Å². The van der Waals surface area contributed by atoms with E-state index in [1.54, 1.807) is 0 Å². The molecule has 0 saturated heterocycles. The number of nitrogens with zero attached hydrogens (tertiary/aromatic N) is 1. The topological polar surface area (TPSA) is 52.6 Å². The molecule has 4 heteroatoms. The summed E-state index contributed by atoms with van der Waals surface area (Å²) in [5.41, 5.74) is 0. The smallest absolute Gasteiger partial charge is 0.234 e. The van der Waals surface area contributed by atoms with Gasteiger partial charge < -0.3 is 10.4 Å². The molecule has 0 heterocycles. The van der Waals surface area contributed by atoms with E-state index in [0.29, 0.717) is 31.1 Å². The minimum atomic E-state index is 0.142. The van der Waals surface area contributed by atoms with Gasteiger partial charge in [0.05, 0.1) is 13.2 Å². The number of carbonyl (C=O) groups excluding carboxylic acids is 1. The Morgan fingerprint density at radius 1 is 1.15 bits per heavy atom. The first-order valence-electron chi connectivity index (χ1n) is 8.35. The molecule has 2 aliphatic rings. The van der Waals surface area contributed by atoms with Crippen molar-refractivity contribution in [2.45, 2.75) is 70.4 Å². The fourth-order valence-electron chi connectivity index (χ4n) is 3.76. The average molecular weight is 282 g/mol. The van der Waals surface area contributed by atoms with Gasteiger partial charge in [-0.05, 0) is 31.6 Å². The number of rotatable bonds is 6. The molecule has 2 saturated carbocycles.